The molecule has 1 atom stereocenters. The number of pyridine rings is 1. The normalized spacial score (nSPS) is 12.7. The van der Waals surface area contributed by atoms with Gasteiger partial charge in [-0.3, -0.25) is 4.79 Å². The number of carbonyl (C=O) groups is 1. The molecule has 1 unspecified atom stereocenters. The summed E-state index contributed by atoms with van der Waals surface area (Å²) < 4.78 is 0. The molecular formula is C16H19ClN2O. The molecule has 3 nitrogen and oxygen atoms in total. The second-order valence-electron chi connectivity index (χ2n) is 5.42. The standard InChI is InChI=1S/C16H19ClN2O/c1-10(2)11(3)19(4)16(20)14-9-12-7-5-6-8-13(12)15(17)18-14/h5-11H,1-4H3. The molecule has 0 radical (unpaired) electrons. The van der Waals surface area contributed by atoms with Crippen LogP contribution in [0.2, 0.25) is 5.15 Å². The van der Waals surface area contributed by atoms with E-state index in [-0.39, 0.29) is 11.9 Å². The van der Waals surface area contributed by atoms with Crippen molar-refractivity contribution in [1.29, 1.82) is 0 Å². The Hall–Kier alpha value is -1.61. The van der Waals surface area contributed by atoms with Crippen LogP contribution in [0.25, 0.3) is 10.8 Å². The Bertz CT molecular complexity index is 639. The van der Waals surface area contributed by atoms with E-state index in [9.17, 15) is 4.79 Å². The van der Waals surface area contributed by atoms with Crippen molar-refractivity contribution in [3.05, 3.63) is 41.2 Å². The Morgan fingerprint density at radius 1 is 1.25 bits per heavy atom. The topological polar surface area (TPSA) is 33.2 Å². The lowest BCUT2D eigenvalue weighted by molar-refractivity contribution is 0.0701. The fraction of sp³-hybridized carbons (Fsp3) is 0.375. The molecule has 0 fully saturated rings. The number of aromatic nitrogens is 1. The lowest BCUT2D eigenvalue weighted by Crippen LogP contribution is -2.38. The van der Waals surface area contributed by atoms with E-state index in [1.165, 1.54) is 0 Å². The van der Waals surface area contributed by atoms with Crippen molar-refractivity contribution < 1.29 is 4.79 Å². The minimum atomic E-state index is -0.0983. The Morgan fingerprint density at radius 2 is 1.90 bits per heavy atom. The Kier molecular flexibility index (Phi) is 4.29. The molecule has 0 aliphatic rings. The summed E-state index contributed by atoms with van der Waals surface area (Å²) in [6.07, 6.45) is 0. The lowest BCUT2D eigenvalue weighted by atomic mass is 10.0. The van der Waals surface area contributed by atoms with Gasteiger partial charge < -0.3 is 4.90 Å². The fourth-order valence-electron chi connectivity index (χ4n) is 2.08. The molecule has 4 heteroatoms. The summed E-state index contributed by atoms with van der Waals surface area (Å²) in [6, 6.07) is 9.62. The average molecular weight is 291 g/mol. The number of rotatable bonds is 3. The molecule has 0 bridgehead atoms. The van der Waals surface area contributed by atoms with Crippen LogP contribution >= 0.6 is 11.6 Å². The predicted molar refractivity (Wildman–Crippen MR) is 83.1 cm³/mol. The van der Waals surface area contributed by atoms with Gasteiger partial charge in [-0.15, -0.1) is 0 Å². The van der Waals surface area contributed by atoms with E-state index in [1.807, 2.05) is 31.2 Å². The third kappa shape index (κ3) is 2.78. The van der Waals surface area contributed by atoms with Crippen LogP contribution in [0, 0.1) is 5.92 Å². The highest BCUT2D eigenvalue weighted by Crippen LogP contribution is 2.23. The lowest BCUT2D eigenvalue weighted by Gasteiger charge is -2.27. The van der Waals surface area contributed by atoms with E-state index < -0.39 is 0 Å². The average Bonchev–Trinajstić information content (AvgIpc) is 2.44. The van der Waals surface area contributed by atoms with Gasteiger partial charge in [-0.1, -0.05) is 49.7 Å². The van der Waals surface area contributed by atoms with Crippen molar-refractivity contribution in [2.75, 3.05) is 7.05 Å². The summed E-state index contributed by atoms with van der Waals surface area (Å²) in [5, 5.41) is 2.17. The highest BCUT2D eigenvalue weighted by Gasteiger charge is 2.21. The first-order valence-electron chi connectivity index (χ1n) is 6.74. The second kappa shape index (κ2) is 5.80. The van der Waals surface area contributed by atoms with Crippen molar-refractivity contribution in [3.8, 4) is 0 Å². The number of halogens is 1. The summed E-state index contributed by atoms with van der Waals surface area (Å²) in [7, 11) is 1.80. The van der Waals surface area contributed by atoms with Crippen LogP contribution in [0.15, 0.2) is 30.3 Å². The number of amides is 1. The minimum Gasteiger partial charge on any atom is -0.337 e. The zero-order chi connectivity index (χ0) is 14.9. The summed E-state index contributed by atoms with van der Waals surface area (Å²) >= 11 is 6.17. The van der Waals surface area contributed by atoms with E-state index in [0.717, 1.165) is 10.8 Å². The molecule has 0 N–H and O–H groups in total. The largest absolute Gasteiger partial charge is 0.337 e. The van der Waals surface area contributed by atoms with Gasteiger partial charge >= 0.3 is 0 Å². The highest BCUT2D eigenvalue weighted by molar-refractivity contribution is 6.34. The molecule has 1 amide bonds. The Balaban J connectivity index is 2.40. The van der Waals surface area contributed by atoms with Crippen LogP contribution < -0.4 is 0 Å². The number of benzene rings is 1. The quantitative estimate of drug-likeness (QED) is 0.800. The molecule has 20 heavy (non-hydrogen) atoms. The Labute approximate surface area is 124 Å². The van der Waals surface area contributed by atoms with Crippen molar-refractivity contribution in [3.63, 3.8) is 0 Å². The smallest absolute Gasteiger partial charge is 0.272 e. The first-order valence-corrected chi connectivity index (χ1v) is 7.12. The van der Waals surface area contributed by atoms with E-state index in [1.54, 1.807) is 18.0 Å². The molecule has 0 aliphatic carbocycles. The third-order valence-corrected chi connectivity index (χ3v) is 4.10. The maximum Gasteiger partial charge on any atom is 0.272 e. The van der Waals surface area contributed by atoms with Crippen molar-refractivity contribution in [2.24, 2.45) is 5.92 Å². The molecule has 1 aromatic heterocycles. The van der Waals surface area contributed by atoms with Gasteiger partial charge in [0.2, 0.25) is 0 Å². The van der Waals surface area contributed by atoms with Gasteiger partial charge in [-0.05, 0) is 24.3 Å². The van der Waals surface area contributed by atoms with Gasteiger partial charge in [-0.25, -0.2) is 4.98 Å². The summed E-state index contributed by atoms with van der Waals surface area (Å²) in [5.41, 5.74) is 0.392. The van der Waals surface area contributed by atoms with Crippen molar-refractivity contribution in [2.45, 2.75) is 26.8 Å². The molecule has 106 valence electrons. The van der Waals surface area contributed by atoms with Crippen molar-refractivity contribution >= 4 is 28.3 Å². The van der Waals surface area contributed by atoms with Gasteiger partial charge in [0.15, 0.2) is 0 Å². The van der Waals surface area contributed by atoms with Crippen LogP contribution in [0.4, 0.5) is 0 Å². The predicted octanol–water partition coefficient (Wildman–Crippen LogP) is 4.00. The summed E-state index contributed by atoms with van der Waals surface area (Å²) in [5.74, 6) is 0.290. The third-order valence-electron chi connectivity index (χ3n) is 3.81. The van der Waals surface area contributed by atoms with Crippen LogP contribution in [-0.4, -0.2) is 28.9 Å². The zero-order valence-electron chi connectivity index (χ0n) is 12.2. The van der Waals surface area contributed by atoms with Crippen LogP contribution in [-0.2, 0) is 0 Å². The van der Waals surface area contributed by atoms with Gasteiger partial charge in [0, 0.05) is 18.5 Å². The van der Waals surface area contributed by atoms with E-state index in [2.05, 4.69) is 18.8 Å². The molecule has 1 aromatic carbocycles. The second-order valence-corrected chi connectivity index (χ2v) is 5.78. The monoisotopic (exact) mass is 290 g/mol. The summed E-state index contributed by atoms with van der Waals surface area (Å²) in [4.78, 5) is 18.4. The SMILES string of the molecule is CC(C)C(C)N(C)C(=O)c1cc2ccccc2c(Cl)n1. The van der Waals surface area contributed by atoms with Crippen LogP contribution in [0.1, 0.15) is 31.3 Å². The Morgan fingerprint density at radius 3 is 2.55 bits per heavy atom. The van der Waals surface area contributed by atoms with Gasteiger partial charge in [-0.2, -0.15) is 0 Å². The molecule has 1 heterocycles. The molecule has 2 aromatic rings. The van der Waals surface area contributed by atoms with Gasteiger partial charge in [0.1, 0.15) is 10.8 Å². The maximum absolute atomic E-state index is 12.5. The van der Waals surface area contributed by atoms with Crippen molar-refractivity contribution in [1.82, 2.24) is 9.88 Å². The number of carbonyl (C=O) groups excluding carboxylic acids is 1. The molecular weight excluding hydrogens is 272 g/mol. The molecule has 2 rings (SSSR count). The fourth-order valence-corrected chi connectivity index (χ4v) is 2.34. The molecule has 0 saturated heterocycles. The molecule has 0 aliphatic heterocycles. The van der Waals surface area contributed by atoms with Crippen LogP contribution in [0.3, 0.4) is 0 Å². The number of fused-ring (bicyclic) bond motifs is 1. The first kappa shape index (κ1) is 14.8. The molecule has 0 spiro atoms. The van der Waals surface area contributed by atoms with E-state index in [0.29, 0.717) is 16.8 Å². The van der Waals surface area contributed by atoms with E-state index >= 15 is 0 Å². The maximum atomic E-state index is 12.5. The molecule has 0 saturated carbocycles. The zero-order valence-corrected chi connectivity index (χ0v) is 13.0. The minimum absolute atomic E-state index is 0.0983. The van der Waals surface area contributed by atoms with Crippen LogP contribution in [0.5, 0.6) is 0 Å². The highest BCUT2D eigenvalue weighted by atomic mass is 35.5. The number of nitrogens with zero attached hydrogens (tertiary/aromatic N) is 2. The first-order chi connectivity index (χ1) is 9.41. The van der Waals surface area contributed by atoms with Gasteiger partial charge in [0.25, 0.3) is 5.91 Å². The van der Waals surface area contributed by atoms with Gasteiger partial charge in [0.05, 0.1) is 0 Å². The number of hydrogen-bond acceptors (Lipinski definition) is 2. The number of hydrogen-bond donors (Lipinski definition) is 0. The summed E-state index contributed by atoms with van der Waals surface area (Å²) in [6.45, 7) is 6.22. The van der Waals surface area contributed by atoms with E-state index in [4.69, 9.17) is 11.6 Å².